The molecule has 1 heterocycles. The lowest BCUT2D eigenvalue weighted by molar-refractivity contribution is -0.126. The maximum atomic E-state index is 11.4. The van der Waals surface area contributed by atoms with Gasteiger partial charge >= 0.3 is 0 Å². The van der Waals surface area contributed by atoms with Gasteiger partial charge < -0.3 is 20.6 Å². The number of aliphatic hydroxyl groups excluding tert-OH is 3. The molecule has 0 aliphatic heterocycles. The molecule has 16 heavy (non-hydrogen) atoms. The third kappa shape index (κ3) is 2.95. The second kappa shape index (κ2) is 5.49. The van der Waals surface area contributed by atoms with Gasteiger partial charge in [-0.05, 0) is 10.4 Å². The summed E-state index contributed by atoms with van der Waals surface area (Å²) in [5.74, 6) is -0.524. The summed E-state index contributed by atoms with van der Waals surface area (Å²) in [5, 5.41) is 39.4. The first-order valence-corrected chi connectivity index (χ1v) is 4.50. The number of rotatable bonds is 6. The molecule has 4 N–H and O–H groups in total. The Kier molecular flexibility index (Phi) is 4.28. The topological polar surface area (TPSA) is 133 Å². The fourth-order valence-corrected chi connectivity index (χ4v) is 1.00. The molecule has 1 amide bonds. The van der Waals surface area contributed by atoms with Crippen molar-refractivity contribution in [1.82, 2.24) is 25.5 Å². The van der Waals surface area contributed by atoms with E-state index in [0.717, 1.165) is 0 Å². The summed E-state index contributed by atoms with van der Waals surface area (Å²) in [6.07, 6.45) is 1.25. The van der Waals surface area contributed by atoms with E-state index in [4.69, 9.17) is 15.3 Å². The van der Waals surface area contributed by atoms with Crippen LogP contribution in [-0.2, 0) is 11.3 Å². The van der Waals surface area contributed by atoms with Crippen molar-refractivity contribution in [2.75, 3.05) is 19.8 Å². The Hall–Kier alpha value is -1.58. The van der Waals surface area contributed by atoms with E-state index >= 15 is 0 Å². The highest BCUT2D eigenvalue weighted by atomic mass is 16.3. The lowest BCUT2D eigenvalue weighted by atomic mass is 10.0. The van der Waals surface area contributed by atoms with Crippen LogP contribution in [-0.4, -0.2) is 66.8 Å². The smallest absolute Gasteiger partial charge is 0.242 e. The van der Waals surface area contributed by atoms with Crippen molar-refractivity contribution in [3.63, 3.8) is 0 Å². The third-order valence-electron chi connectivity index (χ3n) is 2.01. The van der Waals surface area contributed by atoms with E-state index in [1.165, 1.54) is 11.0 Å². The fraction of sp³-hybridized carbons (Fsp3) is 0.714. The Balaban J connectivity index is 2.55. The molecule has 0 saturated heterocycles. The molecular weight excluding hydrogens is 218 g/mol. The Labute approximate surface area is 90.7 Å². The third-order valence-corrected chi connectivity index (χ3v) is 2.01. The number of hydrogen-bond donors (Lipinski definition) is 4. The number of amides is 1. The Morgan fingerprint density at radius 3 is 2.38 bits per heavy atom. The number of hydrogen-bond acceptors (Lipinski definition) is 7. The molecule has 0 bridgehead atoms. The number of nitrogens with zero attached hydrogens (tertiary/aromatic N) is 4. The monoisotopic (exact) mass is 231 g/mol. The first-order chi connectivity index (χ1) is 7.65. The molecule has 0 fully saturated rings. The zero-order valence-electron chi connectivity index (χ0n) is 8.44. The normalized spacial score (nSPS) is 11.4. The average molecular weight is 231 g/mol. The minimum atomic E-state index is -1.43. The van der Waals surface area contributed by atoms with Gasteiger partial charge in [0, 0.05) is 0 Å². The van der Waals surface area contributed by atoms with Gasteiger partial charge in [-0.15, -0.1) is 5.10 Å². The summed E-state index contributed by atoms with van der Waals surface area (Å²) < 4.78 is 1.17. The maximum absolute atomic E-state index is 11.4. The van der Waals surface area contributed by atoms with Crippen molar-refractivity contribution in [1.29, 1.82) is 0 Å². The average Bonchev–Trinajstić information content (AvgIpc) is 2.79. The summed E-state index contributed by atoms with van der Waals surface area (Å²) >= 11 is 0. The van der Waals surface area contributed by atoms with Gasteiger partial charge in [-0.25, -0.2) is 4.68 Å². The lowest BCUT2D eigenvalue weighted by Gasteiger charge is -2.28. The van der Waals surface area contributed by atoms with E-state index in [2.05, 4.69) is 20.8 Å². The van der Waals surface area contributed by atoms with Gasteiger partial charge in [0.25, 0.3) is 0 Å². The van der Waals surface area contributed by atoms with Crippen LogP contribution in [0, 0.1) is 0 Å². The van der Waals surface area contributed by atoms with E-state index in [9.17, 15) is 4.79 Å². The molecule has 0 saturated carbocycles. The van der Waals surface area contributed by atoms with E-state index in [1.54, 1.807) is 0 Å². The van der Waals surface area contributed by atoms with E-state index in [0.29, 0.717) is 0 Å². The van der Waals surface area contributed by atoms with Crippen LogP contribution in [0.25, 0.3) is 0 Å². The minimum absolute atomic E-state index is 0.158. The molecule has 0 radical (unpaired) electrons. The van der Waals surface area contributed by atoms with Gasteiger partial charge in [0.2, 0.25) is 5.91 Å². The second-order valence-corrected chi connectivity index (χ2v) is 3.31. The standard InChI is InChI=1S/C7H13N5O4/c13-2-7(3-14,4-15)9-6(16)1-12-5-8-10-11-12/h5,13-15H,1-4H2,(H,9,16). The van der Waals surface area contributed by atoms with Gasteiger partial charge in [-0.3, -0.25) is 4.79 Å². The number of carbonyl (C=O) groups is 1. The van der Waals surface area contributed by atoms with Crippen molar-refractivity contribution in [3.8, 4) is 0 Å². The highest BCUT2D eigenvalue weighted by molar-refractivity contribution is 5.76. The van der Waals surface area contributed by atoms with Crippen LogP contribution >= 0.6 is 0 Å². The zero-order chi connectivity index (χ0) is 12.0. The Morgan fingerprint density at radius 1 is 1.31 bits per heavy atom. The predicted octanol–water partition coefficient (Wildman–Crippen LogP) is -3.49. The molecule has 9 nitrogen and oxygen atoms in total. The van der Waals surface area contributed by atoms with Crippen LogP contribution in [0.3, 0.4) is 0 Å². The Bertz CT molecular complexity index is 315. The highest BCUT2D eigenvalue weighted by Crippen LogP contribution is 2.01. The SMILES string of the molecule is O=C(Cn1cnnn1)NC(CO)(CO)CO. The van der Waals surface area contributed by atoms with Crippen LogP contribution in [0.2, 0.25) is 0 Å². The quantitative estimate of drug-likeness (QED) is 0.399. The first-order valence-electron chi connectivity index (χ1n) is 4.50. The summed E-state index contributed by atoms with van der Waals surface area (Å²) in [4.78, 5) is 11.4. The van der Waals surface area contributed by atoms with Crippen molar-refractivity contribution >= 4 is 5.91 Å². The lowest BCUT2D eigenvalue weighted by Crippen LogP contribution is -2.57. The minimum Gasteiger partial charge on any atom is -0.394 e. The van der Waals surface area contributed by atoms with Gasteiger partial charge in [0.05, 0.1) is 19.8 Å². The molecule has 0 aromatic carbocycles. The zero-order valence-corrected chi connectivity index (χ0v) is 8.44. The van der Waals surface area contributed by atoms with Gasteiger partial charge in [0.15, 0.2) is 0 Å². The molecule has 0 atom stereocenters. The van der Waals surface area contributed by atoms with E-state index in [-0.39, 0.29) is 6.54 Å². The van der Waals surface area contributed by atoms with Crippen LogP contribution in [0.4, 0.5) is 0 Å². The van der Waals surface area contributed by atoms with Crippen molar-refractivity contribution in [3.05, 3.63) is 6.33 Å². The number of tetrazole rings is 1. The molecule has 9 heteroatoms. The number of aliphatic hydroxyl groups is 3. The largest absolute Gasteiger partial charge is 0.394 e. The summed E-state index contributed by atoms with van der Waals surface area (Å²) in [7, 11) is 0. The van der Waals surface area contributed by atoms with Crippen LogP contribution in [0.15, 0.2) is 6.33 Å². The van der Waals surface area contributed by atoms with Crippen LogP contribution in [0.5, 0.6) is 0 Å². The first kappa shape index (κ1) is 12.5. The maximum Gasteiger partial charge on any atom is 0.242 e. The Morgan fingerprint density at radius 2 is 1.94 bits per heavy atom. The van der Waals surface area contributed by atoms with Gasteiger partial charge in [-0.1, -0.05) is 0 Å². The summed E-state index contributed by atoms with van der Waals surface area (Å²) in [6, 6.07) is 0. The molecule has 0 spiro atoms. The van der Waals surface area contributed by atoms with Crippen LogP contribution < -0.4 is 5.32 Å². The molecule has 0 aliphatic rings. The molecule has 0 unspecified atom stereocenters. The summed E-state index contributed by atoms with van der Waals surface area (Å²) in [5.41, 5.74) is -1.43. The van der Waals surface area contributed by atoms with Crippen molar-refractivity contribution < 1.29 is 20.1 Å². The van der Waals surface area contributed by atoms with Crippen molar-refractivity contribution in [2.45, 2.75) is 12.1 Å². The van der Waals surface area contributed by atoms with E-state index in [1.807, 2.05) is 0 Å². The molecule has 0 aliphatic carbocycles. The van der Waals surface area contributed by atoms with Gasteiger partial charge in [0.1, 0.15) is 18.4 Å². The molecule has 90 valence electrons. The second-order valence-electron chi connectivity index (χ2n) is 3.31. The fourth-order valence-electron chi connectivity index (χ4n) is 1.00. The molecular formula is C7H13N5O4. The van der Waals surface area contributed by atoms with Crippen molar-refractivity contribution in [2.24, 2.45) is 0 Å². The number of nitrogens with one attached hydrogen (secondary N) is 1. The molecule has 1 aromatic heterocycles. The van der Waals surface area contributed by atoms with Gasteiger partial charge in [-0.2, -0.15) is 0 Å². The van der Waals surface area contributed by atoms with E-state index < -0.39 is 31.3 Å². The summed E-state index contributed by atoms with van der Waals surface area (Å²) in [6.45, 7) is -1.86. The predicted molar refractivity (Wildman–Crippen MR) is 49.9 cm³/mol. The molecule has 1 rings (SSSR count). The highest BCUT2D eigenvalue weighted by Gasteiger charge is 2.29. The molecule has 1 aromatic rings. The number of carbonyl (C=O) groups excluding carboxylic acids is 1. The number of aromatic nitrogens is 4. The van der Waals surface area contributed by atoms with Crippen LogP contribution in [0.1, 0.15) is 0 Å².